The van der Waals surface area contributed by atoms with E-state index in [2.05, 4.69) is 6.92 Å². The highest BCUT2D eigenvalue weighted by atomic mass is 32.2. The van der Waals surface area contributed by atoms with Gasteiger partial charge in [-0.2, -0.15) is 8.42 Å². The van der Waals surface area contributed by atoms with Crippen molar-refractivity contribution in [1.29, 1.82) is 0 Å². The molecule has 5 nitrogen and oxygen atoms in total. The van der Waals surface area contributed by atoms with Crippen LogP contribution in [0.15, 0.2) is 47.4 Å². The summed E-state index contributed by atoms with van der Waals surface area (Å²) in [5.41, 5.74) is 0.551. The predicted octanol–water partition coefficient (Wildman–Crippen LogP) is 6.89. The van der Waals surface area contributed by atoms with Crippen LogP contribution in [0.2, 0.25) is 0 Å². The Hall–Kier alpha value is -2.05. The minimum atomic E-state index is -4.44. The van der Waals surface area contributed by atoms with E-state index in [1.165, 1.54) is 63.1 Å². The van der Waals surface area contributed by atoms with Gasteiger partial charge in [0.25, 0.3) is 10.1 Å². The number of phenols is 1. The zero-order valence-electron chi connectivity index (χ0n) is 17.8. The molecule has 0 spiro atoms. The number of aryl methyl sites for hydroxylation is 1. The molecule has 0 bridgehead atoms. The number of benzene rings is 2. The van der Waals surface area contributed by atoms with Crippen LogP contribution in [0.25, 0.3) is 0 Å². The zero-order valence-corrected chi connectivity index (χ0v) is 18.7. The Kier molecular flexibility index (Phi) is 10.2. The highest BCUT2D eigenvalue weighted by Gasteiger charge is 2.22. The molecule has 6 heteroatoms. The third-order valence-corrected chi connectivity index (χ3v) is 6.14. The molecule has 2 aromatic rings. The fourth-order valence-corrected chi connectivity index (χ4v) is 4.47. The summed E-state index contributed by atoms with van der Waals surface area (Å²) in [4.78, 5) is -0.190. The number of rotatable bonds is 14. The summed E-state index contributed by atoms with van der Waals surface area (Å²) in [5.74, 6) is 0.381. The molecule has 0 fully saturated rings. The first-order valence-electron chi connectivity index (χ1n) is 11.0. The molecule has 0 aliphatic heterocycles. The van der Waals surface area contributed by atoms with Crippen molar-refractivity contribution in [2.45, 2.75) is 82.4 Å². The molecule has 0 radical (unpaired) electrons. The topological polar surface area (TPSA) is 83.8 Å². The van der Waals surface area contributed by atoms with Gasteiger partial charge in [-0.15, -0.1) is 0 Å². The molecule has 0 aromatic heterocycles. The fraction of sp³-hybridized carbons (Fsp3) is 0.500. The second kappa shape index (κ2) is 12.6. The predicted molar refractivity (Wildman–Crippen MR) is 120 cm³/mol. The Morgan fingerprint density at radius 3 is 2.03 bits per heavy atom. The molecular weight excluding hydrogens is 400 g/mol. The second-order valence-corrected chi connectivity index (χ2v) is 9.11. The standard InChI is InChI=1S/C24H34O5S/c1-2-3-4-5-6-7-8-9-10-11-14-20-15-12-18-23(24(20)30(26,27)28)29-22-17-13-16-21(25)19-22/h12-13,15-19,25H,2-11,14H2,1H3,(H,26,27,28). The highest BCUT2D eigenvalue weighted by molar-refractivity contribution is 7.86. The summed E-state index contributed by atoms with van der Waals surface area (Å²) in [7, 11) is -4.44. The summed E-state index contributed by atoms with van der Waals surface area (Å²) in [6.45, 7) is 2.22. The van der Waals surface area contributed by atoms with Crippen LogP contribution in [0.3, 0.4) is 0 Å². The summed E-state index contributed by atoms with van der Waals surface area (Å²) < 4.78 is 39.5. The van der Waals surface area contributed by atoms with Crippen LogP contribution >= 0.6 is 0 Å². The third-order valence-electron chi connectivity index (χ3n) is 5.16. The summed E-state index contributed by atoms with van der Waals surface area (Å²) >= 11 is 0. The maximum Gasteiger partial charge on any atom is 0.298 e. The lowest BCUT2D eigenvalue weighted by Gasteiger charge is -2.13. The zero-order chi connectivity index (χ0) is 21.8. The fourth-order valence-electron chi connectivity index (χ4n) is 3.61. The number of phenolic OH excluding ortho intramolecular Hbond substituents is 1. The van der Waals surface area contributed by atoms with Gasteiger partial charge < -0.3 is 9.84 Å². The summed E-state index contributed by atoms with van der Waals surface area (Å²) in [5, 5.41) is 9.59. The molecule has 2 N–H and O–H groups in total. The van der Waals surface area contributed by atoms with Gasteiger partial charge in [0.05, 0.1) is 0 Å². The van der Waals surface area contributed by atoms with Crippen LogP contribution in [0.4, 0.5) is 0 Å². The third kappa shape index (κ3) is 8.36. The molecule has 0 amide bonds. The Morgan fingerprint density at radius 2 is 1.43 bits per heavy atom. The molecule has 0 aliphatic rings. The van der Waals surface area contributed by atoms with E-state index < -0.39 is 10.1 Å². The highest BCUT2D eigenvalue weighted by Crippen LogP contribution is 2.33. The Morgan fingerprint density at radius 1 is 0.833 bits per heavy atom. The number of hydrogen-bond donors (Lipinski definition) is 2. The van der Waals surface area contributed by atoms with E-state index in [4.69, 9.17) is 4.74 Å². The first-order valence-corrected chi connectivity index (χ1v) is 12.4. The van der Waals surface area contributed by atoms with Crippen molar-refractivity contribution in [3.8, 4) is 17.2 Å². The molecule has 0 aliphatic carbocycles. The van der Waals surface area contributed by atoms with Crippen LogP contribution in [0.1, 0.15) is 76.7 Å². The quantitative estimate of drug-likeness (QED) is 0.250. The van der Waals surface area contributed by atoms with E-state index in [1.54, 1.807) is 24.3 Å². The maximum atomic E-state index is 12.0. The van der Waals surface area contributed by atoms with Gasteiger partial charge in [-0.05, 0) is 36.6 Å². The normalized spacial score (nSPS) is 11.5. The lowest BCUT2D eigenvalue weighted by atomic mass is 10.0. The molecule has 0 heterocycles. The maximum absolute atomic E-state index is 12.0. The molecule has 2 rings (SSSR count). The van der Waals surface area contributed by atoms with Gasteiger partial charge in [0.15, 0.2) is 0 Å². The first-order chi connectivity index (χ1) is 14.4. The van der Waals surface area contributed by atoms with Crippen molar-refractivity contribution >= 4 is 10.1 Å². The molecule has 166 valence electrons. The van der Waals surface area contributed by atoms with E-state index in [9.17, 15) is 18.1 Å². The van der Waals surface area contributed by atoms with Crippen molar-refractivity contribution in [3.63, 3.8) is 0 Å². The molecule has 0 saturated heterocycles. The van der Waals surface area contributed by atoms with E-state index in [0.29, 0.717) is 17.7 Å². The summed E-state index contributed by atoms with van der Waals surface area (Å²) in [6, 6.07) is 11.1. The van der Waals surface area contributed by atoms with Crippen molar-refractivity contribution < 1.29 is 22.8 Å². The van der Waals surface area contributed by atoms with E-state index >= 15 is 0 Å². The molecule has 0 atom stereocenters. The lowest BCUT2D eigenvalue weighted by molar-refractivity contribution is 0.438. The smallest absolute Gasteiger partial charge is 0.298 e. The minimum Gasteiger partial charge on any atom is -0.508 e. The largest absolute Gasteiger partial charge is 0.508 e. The Balaban J connectivity index is 1.91. The van der Waals surface area contributed by atoms with Gasteiger partial charge in [0.1, 0.15) is 22.1 Å². The number of ether oxygens (including phenoxy) is 1. The SMILES string of the molecule is CCCCCCCCCCCCc1cccc(Oc2cccc(O)c2)c1S(=O)(=O)O. The minimum absolute atomic E-state index is 0.0161. The lowest BCUT2D eigenvalue weighted by Crippen LogP contribution is -2.06. The van der Waals surface area contributed by atoms with Crippen LogP contribution in [-0.4, -0.2) is 18.1 Å². The van der Waals surface area contributed by atoms with Gasteiger partial charge in [0.2, 0.25) is 0 Å². The van der Waals surface area contributed by atoms with Crippen molar-refractivity contribution in [3.05, 3.63) is 48.0 Å². The van der Waals surface area contributed by atoms with Crippen molar-refractivity contribution in [1.82, 2.24) is 0 Å². The second-order valence-electron chi connectivity index (χ2n) is 7.75. The van der Waals surface area contributed by atoms with E-state index in [0.717, 1.165) is 19.3 Å². The molecular formula is C24H34O5S. The van der Waals surface area contributed by atoms with E-state index in [-0.39, 0.29) is 16.4 Å². The monoisotopic (exact) mass is 434 g/mol. The van der Waals surface area contributed by atoms with Gasteiger partial charge in [-0.25, -0.2) is 0 Å². The molecule has 2 aromatic carbocycles. The van der Waals surface area contributed by atoms with Crippen LogP contribution in [-0.2, 0) is 16.5 Å². The van der Waals surface area contributed by atoms with E-state index in [1.807, 2.05) is 0 Å². The Labute approximate surface area is 180 Å². The van der Waals surface area contributed by atoms with Gasteiger partial charge in [0, 0.05) is 6.07 Å². The number of unbranched alkanes of at least 4 members (excludes halogenated alkanes) is 9. The number of hydrogen-bond acceptors (Lipinski definition) is 4. The van der Waals surface area contributed by atoms with Gasteiger partial charge in [-0.3, -0.25) is 4.55 Å². The van der Waals surface area contributed by atoms with Crippen molar-refractivity contribution in [2.75, 3.05) is 0 Å². The summed E-state index contributed by atoms with van der Waals surface area (Å²) in [6.07, 6.45) is 12.6. The van der Waals surface area contributed by atoms with Crippen LogP contribution < -0.4 is 4.74 Å². The Bertz CT molecular complexity index is 877. The average molecular weight is 435 g/mol. The molecule has 0 saturated carbocycles. The van der Waals surface area contributed by atoms with Crippen molar-refractivity contribution in [2.24, 2.45) is 0 Å². The average Bonchev–Trinajstić information content (AvgIpc) is 2.68. The number of aromatic hydroxyl groups is 1. The van der Waals surface area contributed by atoms with Gasteiger partial charge in [-0.1, -0.05) is 82.9 Å². The van der Waals surface area contributed by atoms with Gasteiger partial charge >= 0.3 is 0 Å². The van der Waals surface area contributed by atoms with Crippen LogP contribution in [0, 0.1) is 0 Å². The first kappa shape index (κ1) is 24.2. The van der Waals surface area contributed by atoms with Crippen LogP contribution in [0.5, 0.6) is 17.2 Å². The molecule has 0 unspecified atom stereocenters. The molecule has 30 heavy (non-hydrogen) atoms.